The summed E-state index contributed by atoms with van der Waals surface area (Å²) in [4.78, 5) is 71.8. The lowest BCUT2D eigenvalue weighted by Gasteiger charge is -2.48. The second-order valence-electron chi connectivity index (χ2n) is 9.06. The Morgan fingerprint density at radius 3 is 1.85 bits per heavy atom. The van der Waals surface area contributed by atoms with Gasteiger partial charge >= 0.3 is 23.9 Å². The van der Waals surface area contributed by atoms with Gasteiger partial charge in [-0.1, -0.05) is 22.1 Å². The zero-order chi connectivity index (χ0) is 29.9. The molecule has 0 aliphatic carbocycles. The van der Waals surface area contributed by atoms with E-state index in [0.717, 1.165) is 18.7 Å². The molecule has 1 N–H and O–H groups in total. The number of carbonyl (C=O) groups is 6. The molecular formula is C24H39NO11S3. The maximum atomic E-state index is 12.3. The van der Waals surface area contributed by atoms with Crippen molar-refractivity contribution in [1.29, 1.82) is 0 Å². The molecule has 0 aromatic heterocycles. The van der Waals surface area contributed by atoms with Crippen LogP contribution in [0.25, 0.3) is 0 Å². The highest BCUT2D eigenvalue weighted by atomic mass is 32.3. The number of amides is 1. The Bertz CT molecular complexity index is 918. The number of esters is 3. The third-order valence-electron chi connectivity index (χ3n) is 5.33. The molecule has 0 aromatic carbocycles. The van der Waals surface area contributed by atoms with Crippen molar-refractivity contribution < 1.29 is 51.9 Å². The van der Waals surface area contributed by atoms with E-state index in [0.29, 0.717) is 17.9 Å². The van der Waals surface area contributed by atoms with Gasteiger partial charge in [-0.05, 0) is 18.9 Å². The van der Waals surface area contributed by atoms with E-state index in [1.807, 2.05) is 0 Å². The van der Waals surface area contributed by atoms with Crippen molar-refractivity contribution in [3.05, 3.63) is 0 Å². The number of nitrogens with one attached hydrogen (secondary N) is 1. The van der Waals surface area contributed by atoms with Crippen LogP contribution in [0.4, 0.5) is 0 Å². The monoisotopic (exact) mass is 613 g/mol. The van der Waals surface area contributed by atoms with Crippen molar-refractivity contribution in [2.24, 2.45) is 0 Å². The van der Waals surface area contributed by atoms with Crippen LogP contribution >= 0.6 is 33.8 Å². The van der Waals surface area contributed by atoms with Crippen LogP contribution in [-0.2, 0) is 51.9 Å². The van der Waals surface area contributed by atoms with Gasteiger partial charge in [0.1, 0.15) is 11.5 Å². The third-order valence-corrected chi connectivity index (χ3v) is 9.93. The SMILES string of the molecule is CS[C@H]1O[C@H]([C@H](CS(C)(CCCSC(C)=O)OC(C)=O)NC(C)=O)[C@H](OC(C)=O)[C@H](OC(C)=O)[C@H]1OC(C)=O. The molecule has 0 saturated carbocycles. The van der Waals surface area contributed by atoms with Crippen LogP contribution in [0.3, 0.4) is 0 Å². The molecule has 0 spiro atoms. The number of rotatable bonds is 13. The summed E-state index contributed by atoms with van der Waals surface area (Å²) in [5, 5.41) is 2.79. The predicted octanol–water partition coefficient (Wildman–Crippen LogP) is 1.96. The lowest BCUT2D eigenvalue weighted by atomic mass is 9.94. The van der Waals surface area contributed by atoms with Gasteiger partial charge in [0.15, 0.2) is 23.4 Å². The van der Waals surface area contributed by atoms with Gasteiger partial charge in [-0.2, -0.15) is 0 Å². The van der Waals surface area contributed by atoms with Crippen molar-refractivity contribution >= 4 is 68.7 Å². The molecule has 0 bridgehead atoms. The fourth-order valence-electron chi connectivity index (χ4n) is 4.20. The van der Waals surface area contributed by atoms with E-state index in [2.05, 4.69) is 5.32 Å². The summed E-state index contributed by atoms with van der Waals surface area (Å²) in [7, 11) is -2.19. The first kappa shape index (κ1) is 35.1. The molecule has 12 nitrogen and oxygen atoms in total. The van der Waals surface area contributed by atoms with Gasteiger partial charge in [0.25, 0.3) is 0 Å². The summed E-state index contributed by atoms with van der Waals surface area (Å²) in [5.74, 6) is -1.94. The van der Waals surface area contributed by atoms with Crippen LogP contribution in [0.5, 0.6) is 0 Å². The van der Waals surface area contributed by atoms with E-state index in [-0.39, 0.29) is 10.9 Å². The van der Waals surface area contributed by atoms with Crippen molar-refractivity contribution in [2.45, 2.75) is 83.9 Å². The largest absolute Gasteiger partial charge is 0.456 e. The van der Waals surface area contributed by atoms with E-state index < -0.39 is 76.0 Å². The number of hydrogen-bond donors (Lipinski definition) is 1. The summed E-state index contributed by atoms with van der Waals surface area (Å²) in [5.41, 5.74) is -0.853. The summed E-state index contributed by atoms with van der Waals surface area (Å²) in [6.07, 6.45) is -0.662. The Kier molecular flexibility index (Phi) is 14.7. The van der Waals surface area contributed by atoms with Gasteiger partial charge in [-0.3, -0.25) is 28.8 Å². The quantitative estimate of drug-likeness (QED) is 0.183. The van der Waals surface area contributed by atoms with E-state index in [1.165, 1.54) is 46.4 Å². The molecule has 1 aliphatic heterocycles. The van der Waals surface area contributed by atoms with Crippen molar-refractivity contribution in [3.63, 3.8) is 0 Å². The molecule has 0 aromatic rings. The van der Waals surface area contributed by atoms with Crippen LogP contribution in [0.1, 0.15) is 48.0 Å². The predicted molar refractivity (Wildman–Crippen MR) is 149 cm³/mol. The van der Waals surface area contributed by atoms with E-state index in [9.17, 15) is 28.8 Å². The lowest BCUT2D eigenvalue weighted by molar-refractivity contribution is -0.234. The lowest BCUT2D eigenvalue weighted by Crippen LogP contribution is -2.66. The van der Waals surface area contributed by atoms with E-state index >= 15 is 0 Å². The Morgan fingerprint density at radius 2 is 1.38 bits per heavy atom. The topological polar surface area (TPSA) is 161 Å². The van der Waals surface area contributed by atoms with E-state index in [1.54, 1.807) is 12.5 Å². The highest BCUT2D eigenvalue weighted by Gasteiger charge is 2.54. The molecule has 0 radical (unpaired) electrons. The fourth-order valence-corrected chi connectivity index (χ4v) is 8.35. The highest BCUT2D eigenvalue weighted by Crippen LogP contribution is 2.48. The molecule has 1 heterocycles. The minimum atomic E-state index is -2.19. The first-order chi connectivity index (χ1) is 18.1. The Morgan fingerprint density at radius 1 is 0.846 bits per heavy atom. The van der Waals surface area contributed by atoms with Crippen LogP contribution < -0.4 is 5.32 Å². The van der Waals surface area contributed by atoms with Gasteiger partial charge in [-0.15, -0.1) is 11.8 Å². The smallest absolute Gasteiger partial charge is 0.313 e. The van der Waals surface area contributed by atoms with Crippen LogP contribution in [-0.4, -0.2) is 101 Å². The van der Waals surface area contributed by atoms with Gasteiger partial charge in [0.2, 0.25) is 5.91 Å². The van der Waals surface area contributed by atoms with Crippen molar-refractivity contribution in [3.8, 4) is 0 Å². The second-order valence-corrected chi connectivity index (χ2v) is 14.5. The van der Waals surface area contributed by atoms with Crippen molar-refractivity contribution in [1.82, 2.24) is 5.32 Å². The molecule has 15 heteroatoms. The van der Waals surface area contributed by atoms with Crippen molar-refractivity contribution in [2.75, 3.05) is 29.8 Å². The van der Waals surface area contributed by atoms with Gasteiger partial charge < -0.3 is 28.4 Å². The molecule has 224 valence electrons. The standard InChI is InChI=1S/C24H39NO11S3/c1-13(26)25-19(12-39(8,36-17(5)30)11-9-10-38-18(6)31)20-21(32-14(2)27)22(33-15(3)28)23(34-16(4)29)24(35-20)37-7/h19-24H,9-12H2,1-8H3,(H,25,26)/t19-,20+,21-,22-,23+,24+/m0/s1. The summed E-state index contributed by atoms with van der Waals surface area (Å²) in [6, 6.07) is -0.863. The zero-order valence-electron chi connectivity index (χ0n) is 23.5. The number of hydrogen-bond acceptors (Lipinski definition) is 13. The molecule has 1 rings (SSSR count). The number of ether oxygens (including phenoxy) is 4. The Balaban J connectivity index is 3.53. The van der Waals surface area contributed by atoms with Gasteiger partial charge in [-0.25, -0.2) is 0 Å². The average molecular weight is 614 g/mol. The molecule has 1 unspecified atom stereocenters. The van der Waals surface area contributed by atoms with Crippen LogP contribution in [0.15, 0.2) is 0 Å². The third kappa shape index (κ3) is 12.4. The van der Waals surface area contributed by atoms with Gasteiger partial charge in [0, 0.05) is 58.8 Å². The summed E-state index contributed by atoms with van der Waals surface area (Å²) < 4.78 is 28.6. The van der Waals surface area contributed by atoms with Gasteiger partial charge in [0.05, 0.1) is 6.04 Å². The molecule has 1 fully saturated rings. The zero-order valence-corrected chi connectivity index (χ0v) is 26.0. The Hall–Kier alpha value is -1.97. The minimum Gasteiger partial charge on any atom is -0.456 e. The normalized spacial score (nSPS) is 25.7. The fraction of sp³-hybridized carbons (Fsp3) is 0.750. The van der Waals surface area contributed by atoms with Crippen LogP contribution in [0.2, 0.25) is 0 Å². The maximum absolute atomic E-state index is 12.3. The summed E-state index contributed by atoms with van der Waals surface area (Å²) in [6.45, 7) is 7.57. The molecule has 7 atom stereocenters. The first-order valence-electron chi connectivity index (χ1n) is 12.1. The molecule has 1 amide bonds. The molecule has 1 saturated heterocycles. The highest BCUT2D eigenvalue weighted by molar-refractivity contribution is 8.29. The first-order valence-corrected chi connectivity index (χ1v) is 16.7. The summed E-state index contributed by atoms with van der Waals surface area (Å²) >= 11 is 2.34. The maximum Gasteiger partial charge on any atom is 0.313 e. The van der Waals surface area contributed by atoms with Crippen LogP contribution in [0, 0.1) is 0 Å². The minimum absolute atomic E-state index is 0.0305. The molecule has 1 aliphatic rings. The Labute approximate surface area is 239 Å². The number of thioether (sulfide) groups is 2. The molecular weight excluding hydrogens is 574 g/mol. The molecule has 39 heavy (non-hydrogen) atoms. The number of carbonyl (C=O) groups excluding carboxylic acids is 6. The second kappa shape index (κ2) is 16.3. The van der Waals surface area contributed by atoms with E-state index in [4.69, 9.17) is 23.1 Å². The average Bonchev–Trinajstić information content (AvgIpc) is 2.76.